The van der Waals surface area contributed by atoms with Crippen molar-refractivity contribution < 1.29 is 14.3 Å². The van der Waals surface area contributed by atoms with Crippen LogP contribution in [-0.4, -0.2) is 20.1 Å². The van der Waals surface area contributed by atoms with Gasteiger partial charge in [-0.25, -0.2) is 0 Å². The summed E-state index contributed by atoms with van der Waals surface area (Å²) in [5.41, 5.74) is 3.87. The molecule has 1 N–H and O–H groups in total. The van der Waals surface area contributed by atoms with Crippen molar-refractivity contribution >= 4 is 5.91 Å². The first-order chi connectivity index (χ1) is 10.5. The first kappa shape index (κ1) is 15.9. The summed E-state index contributed by atoms with van der Waals surface area (Å²) in [5, 5.41) is 2.91. The van der Waals surface area contributed by atoms with E-state index in [1.165, 1.54) is 5.56 Å². The molecule has 0 atom stereocenters. The van der Waals surface area contributed by atoms with Gasteiger partial charge in [0.25, 0.3) is 5.91 Å². The molecule has 0 aromatic heterocycles. The fourth-order valence-corrected chi connectivity index (χ4v) is 2.14. The summed E-state index contributed by atoms with van der Waals surface area (Å²) < 4.78 is 10.4. The van der Waals surface area contributed by atoms with Crippen molar-refractivity contribution in [3.8, 4) is 11.5 Å². The van der Waals surface area contributed by atoms with Gasteiger partial charge in [-0.2, -0.15) is 0 Å². The number of benzene rings is 2. The fourth-order valence-electron chi connectivity index (χ4n) is 2.14. The van der Waals surface area contributed by atoms with Gasteiger partial charge in [-0.3, -0.25) is 4.79 Å². The maximum Gasteiger partial charge on any atom is 0.251 e. The smallest absolute Gasteiger partial charge is 0.251 e. The third kappa shape index (κ3) is 3.79. The molecule has 0 unspecified atom stereocenters. The molecule has 0 radical (unpaired) electrons. The van der Waals surface area contributed by atoms with Crippen LogP contribution in [0, 0.1) is 13.8 Å². The van der Waals surface area contributed by atoms with Crippen LogP contribution in [0.2, 0.25) is 0 Å². The van der Waals surface area contributed by atoms with Crippen LogP contribution in [0.1, 0.15) is 27.0 Å². The number of ether oxygens (including phenoxy) is 2. The van der Waals surface area contributed by atoms with Crippen molar-refractivity contribution in [1.29, 1.82) is 0 Å². The minimum atomic E-state index is -0.0927. The molecule has 2 aromatic carbocycles. The first-order valence-electron chi connectivity index (χ1n) is 7.11. The minimum Gasteiger partial charge on any atom is -0.497 e. The third-order valence-electron chi connectivity index (χ3n) is 3.63. The van der Waals surface area contributed by atoms with Crippen LogP contribution in [0.3, 0.4) is 0 Å². The van der Waals surface area contributed by atoms with Crippen molar-refractivity contribution in [1.82, 2.24) is 5.32 Å². The number of rotatable bonds is 5. The zero-order chi connectivity index (χ0) is 16.1. The number of carbonyl (C=O) groups excluding carboxylic acids is 1. The molecule has 0 aliphatic carbocycles. The normalized spacial score (nSPS) is 10.2. The van der Waals surface area contributed by atoms with Crippen molar-refractivity contribution in [2.24, 2.45) is 0 Å². The largest absolute Gasteiger partial charge is 0.497 e. The Balaban J connectivity index is 2.08. The first-order valence-corrected chi connectivity index (χ1v) is 7.11. The van der Waals surface area contributed by atoms with Crippen LogP contribution >= 0.6 is 0 Å². The van der Waals surface area contributed by atoms with Gasteiger partial charge in [0, 0.05) is 18.2 Å². The van der Waals surface area contributed by atoms with Gasteiger partial charge in [-0.05, 0) is 54.8 Å². The molecule has 0 bridgehead atoms. The highest BCUT2D eigenvalue weighted by atomic mass is 16.5. The lowest BCUT2D eigenvalue weighted by atomic mass is 10.1. The van der Waals surface area contributed by atoms with Crippen LogP contribution < -0.4 is 14.8 Å². The molecule has 22 heavy (non-hydrogen) atoms. The van der Waals surface area contributed by atoms with E-state index in [0.717, 1.165) is 11.1 Å². The Morgan fingerprint density at radius 1 is 0.955 bits per heavy atom. The van der Waals surface area contributed by atoms with E-state index in [1.54, 1.807) is 20.3 Å². The minimum absolute atomic E-state index is 0.0927. The second kappa shape index (κ2) is 6.98. The second-order valence-corrected chi connectivity index (χ2v) is 5.20. The summed E-state index contributed by atoms with van der Waals surface area (Å²) in [4.78, 5) is 12.2. The number of hydrogen-bond acceptors (Lipinski definition) is 3. The van der Waals surface area contributed by atoms with Crippen LogP contribution in [0.4, 0.5) is 0 Å². The monoisotopic (exact) mass is 299 g/mol. The predicted molar refractivity (Wildman–Crippen MR) is 86.6 cm³/mol. The predicted octanol–water partition coefficient (Wildman–Crippen LogP) is 3.25. The maximum absolute atomic E-state index is 12.2. The fraction of sp³-hybridized carbons (Fsp3) is 0.278. The van der Waals surface area contributed by atoms with Crippen molar-refractivity contribution in [3.63, 3.8) is 0 Å². The third-order valence-corrected chi connectivity index (χ3v) is 3.63. The van der Waals surface area contributed by atoms with Crippen molar-refractivity contribution in [2.75, 3.05) is 14.2 Å². The van der Waals surface area contributed by atoms with Crippen LogP contribution in [0.15, 0.2) is 36.4 Å². The number of amides is 1. The van der Waals surface area contributed by atoms with E-state index in [1.807, 2.05) is 44.2 Å². The summed E-state index contributed by atoms with van der Waals surface area (Å²) in [6, 6.07) is 11.3. The van der Waals surface area contributed by atoms with Gasteiger partial charge in [0.2, 0.25) is 0 Å². The van der Waals surface area contributed by atoms with E-state index >= 15 is 0 Å². The average Bonchev–Trinajstić information content (AvgIpc) is 2.54. The van der Waals surface area contributed by atoms with E-state index in [4.69, 9.17) is 9.47 Å². The zero-order valence-corrected chi connectivity index (χ0v) is 13.4. The highest BCUT2D eigenvalue weighted by molar-refractivity contribution is 5.94. The van der Waals surface area contributed by atoms with Crippen molar-refractivity contribution in [3.05, 3.63) is 58.7 Å². The molecule has 2 rings (SSSR count). The van der Waals surface area contributed by atoms with Crippen LogP contribution in [-0.2, 0) is 6.54 Å². The quantitative estimate of drug-likeness (QED) is 0.922. The highest BCUT2D eigenvalue weighted by Gasteiger charge is 2.08. The SMILES string of the molecule is COc1cc(CNC(=O)c2ccc(C)c(C)c2)cc(OC)c1. The summed E-state index contributed by atoms with van der Waals surface area (Å²) in [5.74, 6) is 1.31. The lowest BCUT2D eigenvalue weighted by Crippen LogP contribution is -2.22. The lowest BCUT2D eigenvalue weighted by Gasteiger charge is -2.10. The molecule has 2 aromatic rings. The Hall–Kier alpha value is -2.49. The zero-order valence-electron chi connectivity index (χ0n) is 13.4. The summed E-state index contributed by atoms with van der Waals surface area (Å²) >= 11 is 0. The van der Waals surface area contributed by atoms with Gasteiger partial charge in [0.1, 0.15) is 11.5 Å². The van der Waals surface area contributed by atoms with Gasteiger partial charge in [-0.15, -0.1) is 0 Å². The lowest BCUT2D eigenvalue weighted by molar-refractivity contribution is 0.0950. The Kier molecular flexibility index (Phi) is 5.04. The van der Waals surface area contributed by atoms with Gasteiger partial charge in [-0.1, -0.05) is 6.07 Å². The van der Waals surface area contributed by atoms with Gasteiger partial charge < -0.3 is 14.8 Å². The standard InChI is InChI=1S/C18H21NO3/c1-12-5-6-15(7-13(12)2)18(20)19-11-14-8-16(21-3)10-17(9-14)22-4/h5-10H,11H2,1-4H3,(H,19,20). The highest BCUT2D eigenvalue weighted by Crippen LogP contribution is 2.22. The van der Waals surface area contributed by atoms with Crippen LogP contribution in [0.5, 0.6) is 11.5 Å². The van der Waals surface area contributed by atoms with E-state index < -0.39 is 0 Å². The van der Waals surface area contributed by atoms with Gasteiger partial charge in [0.15, 0.2) is 0 Å². The number of nitrogens with one attached hydrogen (secondary N) is 1. The molecular formula is C18H21NO3. The molecule has 0 aliphatic rings. The number of carbonyl (C=O) groups is 1. The molecule has 0 saturated heterocycles. The number of hydrogen-bond donors (Lipinski definition) is 1. The van der Waals surface area contributed by atoms with E-state index in [9.17, 15) is 4.79 Å². The number of methoxy groups -OCH3 is 2. The molecule has 4 nitrogen and oxygen atoms in total. The Labute approximate surface area is 131 Å². The molecule has 1 amide bonds. The molecule has 0 fully saturated rings. The molecule has 0 heterocycles. The molecule has 0 spiro atoms. The molecular weight excluding hydrogens is 278 g/mol. The molecule has 0 aliphatic heterocycles. The molecule has 4 heteroatoms. The summed E-state index contributed by atoms with van der Waals surface area (Å²) in [6.45, 7) is 4.44. The van der Waals surface area contributed by atoms with E-state index in [0.29, 0.717) is 23.6 Å². The van der Waals surface area contributed by atoms with Gasteiger partial charge >= 0.3 is 0 Å². The van der Waals surface area contributed by atoms with Gasteiger partial charge in [0.05, 0.1) is 14.2 Å². The number of aryl methyl sites for hydroxylation is 2. The topological polar surface area (TPSA) is 47.6 Å². The molecule has 116 valence electrons. The molecule has 0 saturated carbocycles. The average molecular weight is 299 g/mol. The Morgan fingerprint density at radius 3 is 2.14 bits per heavy atom. The van der Waals surface area contributed by atoms with Crippen LogP contribution in [0.25, 0.3) is 0 Å². The summed E-state index contributed by atoms with van der Waals surface area (Å²) in [6.07, 6.45) is 0. The second-order valence-electron chi connectivity index (χ2n) is 5.20. The maximum atomic E-state index is 12.2. The van der Waals surface area contributed by atoms with E-state index in [-0.39, 0.29) is 5.91 Å². The Morgan fingerprint density at radius 2 is 1.59 bits per heavy atom. The Bertz CT molecular complexity index is 658. The van der Waals surface area contributed by atoms with Crippen molar-refractivity contribution in [2.45, 2.75) is 20.4 Å². The summed E-state index contributed by atoms with van der Waals surface area (Å²) in [7, 11) is 3.21. The van der Waals surface area contributed by atoms with E-state index in [2.05, 4.69) is 5.32 Å².